The number of methoxy groups -OCH3 is 1. The Bertz CT molecular complexity index is 529. The number of ether oxygens (including phenoxy) is 1. The summed E-state index contributed by atoms with van der Waals surface area (Å²) in [6, 6.07) is 5.91. The molecule has 0 saturated heterocycles. The molecule has 3 rings (SSSR count). The van der Waals surface area contributed by atoms with E-state index < -0.39 is 0 Å². The first-order valence-electron chi connectivity index (χ1n) is 5.41. The lowest BCUT2D eigenvalue weighted by Gasteiger charge is -2.07. The summed E-state index contributed by atoms with van der Waals surface area (Å²) in [5.74, 6) is 0. The van der Waals surface area contributed by atoms with Crippen LogP contribution in [0.4, 0.5) is 0 Å². The van der Waals surface area contributed by atoms with Gasteiger partial charge in [0.25, 0.3) is 0 Å². The fraction of sp³-hybridized carbons (Fsp3) is 0.417. The van der Waals surface area contributed by atoms with Crippen molar-refractivity contribution in [1.82, 2.24) is 4.98 Å². The molecule has 1 heterocycles. The van der Waals surface area contributed by atoms with Crippen LogP contribution in [-0.4, -0.2) is 17.6 Å². The summed E-state index contributed by atoms with van der Waals surface area (Å²) in [7, 11) is 1.55. The van der Waals surface area contributed by atoms with E-state index >= 15 is 0 Å². The first-order valence-corrected chi connectivity index (χ1v) is 5.41. The first-order chi connectivity index (χ1) is 7.70. The Morgan fingerprint density at radius 1 is 1.50 bits per heavy atom. The van der Waals surface area contributed by atoms with Crippen LogP contribution in [-0.2, 0) is 6.42 Å². The van der Waals surface area contributed by atoms with Crippen molar-refractivity contribution in [2.24, 2.45) is 5.73 Å². The van der Waals surface area contributed by atoms with Gasteiger partial charge < -0.3 is 14.9 Å². The fourth-order valence-electron chi connectivity index (χ4n) is 1.93. The van der Waals surface area contributed by atoms with Crippen molar-refractivity contribution in [1.29, 1.82) is 0 Å². The van der Waals surface area contributed by atoms with Crippen LogP contribution in [0.2, 0.25) is 0 Å². The molecular weight excluding hydrogens is 204 g/mol. The van der Waals surface area contributed by atoms with E-state index in [1.54, 1.807) is 7.11 Å². The molecule has 2 aromatic rings. The van der Waals surface area contributed by atoms with E-state index in [1.807, 2.05) is 12.1 Å². The highest BCUT2D eigenvalue weighted by Crippen LogP contribution is 2.37. The molecule has 1 saturated carbocycles. The Labute approximate surface area is 93.4 Å². The van der Waals surface area contributed by atoms with Gasteiger partial charge in [-0.1, -0.05) is 12.1 Å². The molecule has 16 heavy (non-hydrogen) atoms. The van der Waals surface area contributed by atoms with Crippen molar-refractivity contribution in [3.63, 3.8) is 0 Å². The second-order valence-electron chi connectivity index (χ2n) is 4.49. The number of hydrogen-bond donors (Lipinski definition) is 1. The summed E-state index contributed by atoms with van der Waals surface area (Å²) in [5, 5.41) is 0. The van der Waals surface area contributed by atoms with E-state index in [-0.39, 0.29) is 5.54 Å². The highest BCUT2D eigenvalue weighted by Gasteiger charge is 2.38. The summed E-state index contributed by atoms with van der Waals surface area (Å²) < 4.78 is 10.4. The number of oxazole rings is 1. The molecule has 4 nitrogen and oxygen atoms in total. The van der Waals surface area contributed by atoms with E-state index in [0.29, 0.717) is 6.08 Å². The smallest absolute Gasteiger partial charge is 0.394 e. The molecule has 0 radical (unpaired) electrons. The maximum absolute atomic E-state index is 6.12. The van der Waals surface area contributed by atoms with E-state index in [9.17, 15) is 0 Å². The molecule has 2 N–H and O–H groups in total. The number of rotatable bonds is 3. The molecule has 0 amide bonds. The predicted molar refractivity (Wildman–Crippen MR) is 60.4 cm³/mol. The Balaban J connectivity index is 2.05. The van der Waals surface area contributed by atoms with Gasteiger partial charge in [-0.2, -0.15) is 4.98 Å². The van der Waals surface area contributed by atoms with Gasteiger partial charge in [0.15, 0.2) is 5.58 Å². The lowest BCUT2D eigenvalue weighted by atomic mass is 10.0. The van der Waals surface area contributed by atoms with Gasteiger partial charge in [-0.15, -0.1) is 0 Å². The van der Waals surface area contributed by atoms with Crippen LogP contribution in [0.15, 0.2) is 22.6 Å². The van der Waals surface area contributed by atoms with Crippen LogP contribution in [0, 0.1) is 0 Å². The van der Waals surface area contributed by atoms with Crippen molar-refractivity contribution in [3.8, 4) is 6.08 Å². The monoisotopic (exact) mass is 218 g/mol. The van der Waals surface area contributed by atoms with Crippen molar-refractivity contribution in [3.05, 3.63) is 23.8 Å². The molecular formula is C12H14N2O2. The number of fused-ring (bicyclic) bond motifs is 1. The molecule has 1 fully saturated rings. The summed E-state index contributed by atoms with van der Waals surface area (Å²) in [5.41, 5.74) is 8.88. The number of para-hydroxylation sites is 1. The summed E-state index contributed by atoms with van der Waals surface area (Å²) in [6.45, 7) is 0. The molecule has 1 aromatic heterocycles. The Morgan fingerprint density at radius 3 is 3.00 bits per heavy atom. The van der Waals surface area contributed by atoms with E-state index in [1.165, 1.54) is 0 Å². The number of aromatic nitrogens is 1. The highest BCUT2D eigenvalue weighted by atomic mass is 16.6. The average molecular weight is 218 g/mol. The Morgan fingerprint density at radius 2 is 2.31 bits per heavy atom. The maximum Gasteiger partial charge on any atom is 0.394 e. The third kappa shape index (κ3) is 1.55. The number of hydrogen-bond acceptors (Lipinski definition) is 4. The molecule has 1 aliphatic carbocycles. The van der Waals surface area contributed by atoms with E-state index in [0.717, 1.165) is 35.9 Å². The molecule has 0 atom stereocenters. The molecule has 4 heteroatoms. The topological polar surface area (TPSA) is 61.3 Å². The SMILES string of the molecule is COc1nc2c(CC3(N)CC3)cccc2o1. The van der Waals surface area contributed by atoms with Gasteiger partial charge in [-0.25, -0.2) is 0 Å². The number of benzene rings is 1. The molecule has 84 valence electrons. The average Bonchev–Trinajstić information content (AvgIpc) is 2.84. The third-order valence-electron chi connectivity index (χ3n) is 3.09. The zero-order valence-corrected chi connectivity index (χ0v) is 9.19. The third-order valence-corrected chi connectivity index (χ3v) is 3.09. The second kappa shape index (κ2) is 3.22. The summed E-state index contributed by atoms with van der Waals surface area (Å²) >= 11 is 0. The van der Waals surface area contributed by atoms with Crippen LogP contribution >= 0.6 is 0 Å². The van der Waals surface area contributed by atoms with Crippen LogP contribution < -0.4 is 10.5 Å². The first kappa shape index (κ1) is 9.66. The molecule has 1 aliphatic rings. The van der Waals surface area contributed by atoms with Crippen LogP contribution in [0.3, 0.4) is 0 Å². The van der Waals surface area contributed by atoms with Crippen LogP contribution in [0.25, 0.3) is 11.1 Å². The standard InChI is InChI=1S/C12H14N2O2/c1-15-11-14-10-8(7-12(13)5-6-12)3-2-4-9(10)16-11/h2-4H,5-7,13H2,1H3. The zero-order chi connectivity index (χ0) is 11.2. The molecule has 0 aliphatic heterocycles. The number of nitrogens with zero attached hydrogens (tertiary/aromatic N) is 1. The fourth-order valence-corrected chi connectivity index (χ4v) is 1.93. The zero-order valence-electron chi connectivity index (χ0n) is 9.19. The lowest BCUT2D eigenvalue weighted by molar-refractivity contribution is 0.299. The minimum Gasteiger partial charge on any atom is -0.453 e. The van der Waals surface area contributed by atoms with Crippen molar-refractivity contribution < 1.29 is 9.15 Å². The minimum absolute atomic E-state index is 0.0134. The Kier molecular flexibility index (Phi) is 1.94. The van der Waals surface area contributed by atoms with Crippen molar-refractivity contribution >= 4 is 11.1 Å². The molecule has 0 spiro atoms. The maximum atomic E-state index is 6.12. The van der Waals surface area contributed by atoms with Gasteiger partial charge in [0, 0.05) is 5.54 Å². The van der Waals surface area contributed by atoms with Crippen LogP contribution in [0.5, 0.6) is 6.08 Å². The summed E-state index contributed by atoms with van der Waals surface area (Å²) in [6.07, 6.45) is 3.36. The normalized spacial score (nSPS) is 17.6. The van der Waals surface area contributed by atoms with Gasteiger partial charge in [0.2, 0.25) is 0 Å². The minimum atomic E-state index is -0.0134. The van der Waals surface area contributed by atoms with Gasteiger partial charge in [-0.05, 0) is 30.9 Å². The van der Waals surface area contributed by atoms with E-state index in [2.05, 4.69) is 11.1 Å². The predicted octanol–water partition coefficient (Wildman–Crippen LogP) is 1.87. The molecule has 0 unspecified atom stereocenters. The van der Waals surface area contributed by atoms with Gasteiger partial charge in [0.05, 0.1) is 7.11 Å². The summed E-state index contributed by atoms with van der Waals surface area (Å²) in [4.78, 5) is 4.30. The largest absolute Gasteiger partial charge is 0.453 e. The lowest BCUT2D eigenvalue weighted by Crippen LogP contribution is -2.24. The highest BCUT2D eigenvalue weighted by molar-refractivity contribution is 5.77. The Hall–Kier alpha value is -1.55. The van der Waals surface area contributed by atoms with E-state index in [4.69, 9.17) is 14.9 Å². The molecule has 1 aromatic carbocycles. The van der Waals surface area contributed by atoms with Gasteiger partial charge >= 0.3 is 6.08 Å². The number of nitrogens with two attached hydrogens (primary N) is 1. The van der Waals surface area contributed by atoms with Gasteiger partial charge in [-0.3, -0.25) is 0 Å². The van der Waals surface area contributed by atoms with Crippen LogP contribution in [0.1, 0.15) is 18.4 Å². The van der Waals surface area contributed by atoms with Gasteiger partial charge in [0.1, 0.15) is 5.52 Å². The second-order valence-corrected chi connectivity index (χ2v) is 4.49. The van der Waals surface area contributed by atoms with Crippen molar-refractivity contribution in [2.45, 2.75) is 24.8 Å². The molecule has 0 bridgehead atoms. The quantitative estimate of drug-likeness (QED) is 0.854. The van der Waals surface area contributed by atoms with Crippen molar-refractivity contribution in [2.75, 3.05) is 7.11 Å².